The quantitative estimate of drug-likeness (QED) is 0.392. The molecular formula is C19H15N5. The van der Waals surface area contributed by atoms with Crippen LogP contribution in [-0.4, -0.2) is 18.4 Å². The fraction of sp³-hybridized carbons (Fsp3) is 0. The van der Waals surface area contributed by atoms with E-state index < -0.39 is 0 Å². The maximum absolute atomic E-state index is 5.65. The van der Waals surface area contributed by atoms with E-state index in [4.69, 9.17) is 18.6 Å². The van der Waals surface area contributed by atoms with E-state index in [1.165, 1.54) is 0 Å². The summed E-state index contributed by atoms with van der Waals surface area (Å²) in [7, 11) is 0. The van der Waals surface area contributed by atoms with Gasteiger partial charge in [0.05, 0.1) is 12.4 Å². The minimum Gasteiger partial charge on any atom is -0.367 e. The van der Waals surface area contributed by atoms with E-state index in [1.54, 1.807) is 12.4 Å². The largest absolute Gasteiger partial charge is 0.367 e. The molecule has 5 heteroatoms. The third-order valence-electron chi connectivity index (χ3n) is 2.92. The van der Waals surface area contributed by atoms with Crippen molar-refractivity contribution < 1.29 is 0 Å². The fourth-order valence-electron chi connectivity index (χ4n) is 1.68. The van der Waals surface area contributed by atoms with Crippen LogP contribution in [0.15, 0.2) is 63.8 Å². The lowest BCUT2D eigenvalue weighted by Crippen LogP contribution is -2.26. The van der Waals surface area contributed by atoms with Crippen LogP contribution in [0.4, 0.5) is 0 Å². The average Bonchev–Trinajstić information content (AvgIpc) is 2.63. The van der Waals surface area contributed by atoms with Crippen LogP contribution in [0.1, 0.15) is 22.3 Å². The minimum absolute atomic E-state index is 0.0722. The summed E-state index contributed by atoms with van der Waals surface area (Å²) in [4.78, 5) is 0. The van der Waals surface area contributed by atoms with Crippen molar-refractivity contribution >= 4 is 18.4 Å². The first-order valence-electron chi connectivity index (χ1n) is 7.00. The lowest BCUT2D eigenvalue weighted by atomic mass is 10.1. The van der Waals surface area contributed by atoms with Crippen LogP contribution >= 0.6 is 0 Å². The Morgan fingerprint density at radius 2 is 1.38 bits per heavy atom. The second-order valence-electron chi connectivity index (χ2n) is 4.63. The predicted octanol–water partition coefficient (Wildman–Crippen LogP) is 1.92. The second kappa shape index (κ2) is 8.57. The summed E-state index contributed by atoms with van der Waals surface area (Å²) in [5.74, 6) is 5.16. The molecule has 0 aromatic heterocycles. The second-order valence-corrected chi connectivity index (χ2v) is 4.63. The number of hydrogen-bond acceptors (Lipinski definition) is 3. The van der Waals surface area contributed by atoms with Gasteiger partial charge in [-0.15, -0.1) is 17.9 Å². The van der Waals surface area contributed by atoms with Crippen molar-refractivity contribution in [2.75, 3.05) is 0 Å². The number of nitrogens with zero attached hydrogens (tertiary/aromatic N) is 3. The summed E-state index contributed by atoms with van der Waals surface area (Å²) in [6.45, 7) is 0. The highest BCUT2D eigenvalue weighted by molar-refractivity contribution is 5.84. The standard InChI is InChI=1S/C19H15N5/c1-3-15-5-9-17(10-6-15)13-21-23-19(20)24-22-14-18-11-7-16(4-2)8-12-18/h1-2,5-14H,(H3,20,23,24)/b21-13+,22-14+. The summed E-state index contributed by atoms with van der Waals surface area (Å²) in [5, 5.41) is 11.6. The predicted molar refractivity (Wildman–Crippen MR) is 98.7 cm³/mol. The average molecular weight is 313 g/mol. The van der Waals surface area contributed by atoms with Crippen LogP contribution in [0.2, 0.25) is 0 Å². The molecule has 0 aliphatic carbocycles. The Morgan fingerprint density at radius 3 is 1.88 bits per heavy atom. The van der Waals surface area contributed by atoms with E-state index >= 15 is 0 Å². The highest BCUT2D eigenvalue weighted by atomic mass is 15.4. The molecule has 3 N–H and O–H groups in total. The Bertz CT molecular complexity index is 845. The van der Waals surface area contributed by atoms with Crippen molar-refractivity contribution in [3.05, 3.63) is 70.8 Å². The van der Waals surface area contributed by atoms with Crippen molar-refractivity contribution in [2.24, 2.45) is 21.0 Å². The molecule has 116 valence electrons. The summed E-state index contributed by atoms with van der Waals surface area (Å²) >= 11 is 0. The number of rotatable bonds is 4. The molecule has 0 aliphatic heterocycles. The van der Waals surface area contributed by atoms with Crippen molar-refractivity contribution in [1.82, 2.24) is 5.43 Å². The number of benzene rings is 2. The van der Waals surface area contributed by atoms with E-state index in [-0.39, 0.29) is 5.96 Å². The van der Waals surface area contributed by atoms with Crippen molar-refractivity contribution in [1.29, 1.82) is 0 Å². The smallest absolute Gasteiger partial charge is 0.234 e. The number of nitrogens with two attached hydrogens (primary N) is 1. The highest BCUT2D eigenvalue weighted by Crippen LogP contribution is 2.01. The molecule has 0 amide bonds. The van der Waals surface area contributed by atoms with Gasteiger partial charge in [-0.05, 0) is 35.4 Å². The molecule has 0 unspecified atom stereocenters. The van der Waals surface area contributed by atoms with Gasteiger partial charge in [0, 0.05) is 11.1 Å². The van der Waals surface area contributed by atoms with Gasteiger partial charge in [-0.3, -0.25) is 0 Å². The first-order valence-corrected chi connectivity index (χ1v) is 7.00. The third-order valence-corrected chi connectivity index (χ3v) is 2.92. The Hall–Kier alpha value is -3.83. The number of terminal acetylenes is 2. The highest BCUT2D eigenvalue weighted by Gasteiger charge is 1.91. The summed E-state index contributed by atoms with van der Waals surface area (Å²) in [6.07, 6.45) is 13.8. The Labute approximate surface area is 141 Å². The molecule has 0 saturated carbocycles. The van der Waals surface area contributed by atoms with Gasteiger partial charge in [-0.2, -0.15) is 10.2 Å². The molecule has 0 heterocycles. The molecule has 0 fully saturated rings. The molecule has 0 saturated heterocycles. The third kappa shape index (κ3) is 5.18. The molecule has 2 aromatic rings. The molecule has 0 spiro atoms. The number of hydrazone groups is 1. The van der Waals surface area contributed by atoms with E-state index in [2.05, 4.69) is 32.6 Å². The summed E-state index contributed by atoms with van der Waals surface area (Å²) in [6, 6.07) is 14.7. The van der Waals surface area contributed by atoms with Crippen LogP contribution < -0.4 is 11.2 Å². The zero-order chi connectivity index (χ0) is 17.2. The van der Waals surface area contributed by atoms with Gasteiger partial charge < -0.3 is 5.73 Å². The van der Waals surface area contributed by atoms with E-state index in [0.29, 0.717) is 0 Å². The minimum atomic E-state index is 0.0722. The molecule has 2 aromatic carbocycles. The Morgan fingerprint density at radius 1 is 0.875 bits per heavy atom. The van der Waals surface area contributed by atoms with Gasteiger partial charge in [0.1, 0.15) is 0 Å². The SMILES string of the molecule is C#Cc1ccc(/C=N/N=C(\N)N/N=C/c2ccc(C#C)cc2)cc1. The van der Waals surface area contributed by atoms with Crippen molar-refractivity contribution in [2.45, 2.75) is 0 Å². The maximum Gasteiger partial charge on any atom is 0.234 e. The molecule has 5 nitrogen and oxygen atoms in total. The first-order chi connectivity index (χ1) is 11.7. The van der Waals surface area contributed by atoms with Gasteiger partial charge in [0.15, 0.2) is 0 Å². The summed E-state index contributed by atoms with van der Waals surface area (Å²) in [5.41, 5.74) is 11.6. The topological polar surface area (TPSA) is 75.1 Å². The Kier molecular flexibility index (Phi) is 5.91. The maximum atomic E-state index is 5.65. The zero-order valence-electron chi connectivity index (χ0n) is 12.8. The molecule has 0 radical (unpaired) electrons. The molecule has 0 bridgehead atoms. The Balaban J connectivity index is 1.88. The molecule has 2 rings (SSSR count). The number of hydrogen-bond donors (Lipinski definition) is 2. The molecule has 0 atom stereocenters. The zero-order valence-corrected chi connectivity index (χ0v) is 12.8. The number of guanidine groups is 1. The van der Waals surface area contributed by atoms with Crippen LogP contribution in [0.25, 0.3) is 0 Å². The lowest BCUT2D eigenvalue weighted by molar-refractivity contribution is 0.994. The first kappa shape index (κ1) is 16.5. The number of nitrogens with one attached hydrogen (secondary N) is 1. The van der Waals surface area contributed by atoms with Gasteiger partial charge in [-0.1, -0.05) is 36.1 Å². The van der Waals surface area contributed by atoms with Crippen LogP contribution in [0.3, 0.4) is 0 Å². The molecule has 0 aliphatic rings. The lowest BCUT2D eigenvalue weighted by Gasteiger charge is -1.97. The van der Waals surface area contributed by atoms with Crippen LogP contribution in [0, 0.1) is 24.7 Å². The van der Waals surface area contributed by atoms with E-state index in [9.17, 15) is 0 Å². The van der Waals surface area contributed by atoms with Crippen molar-refractivity contribution in [3.63, 3.8) is 0 Å². The van der Waals surface area contributed by atoms with Gasteiger partial charge in [-0.25, -0.2) is 5.43 Å². The van der Waals surface area contributed by atoms with E-state index in [0.717, 1.165) is 22.3 Å². The van der Waals surface area contributed by atoms with E-state index in [1.807, 2.05) is 48.5 Å². The molecular weight excluding hydrogens is 298 g/mol. The summed E-state index contributed by atoms with van der Waals surface area (Å²) < 4.78 is 0. The van der Waals surface area contributed by atoms with Crippen molar-refractivity contribution in [3.8, 4) is 24.7 Å². The monoisotopic (exact) mass is 313 g/mol. The van der Waals surface area contributed by atoms with Gasteiger partial charge in [0.2, 0.25) is 5.96 Å². The van der Waals surface area contributed by atoms with Gasteiger partial charge in [0.25, 0.3) is 0 Å². The molecule has 24 heavy (non-hydrogen) atoms. The van der Waals surface area contributed by atoms with Gasteiger partial charge >= 0.3 is 0 Å². The fourth-order valence-corrected chi connectivity index (χ4v) is 1.68. The normalized spacial score (nSPS) is 11.3. The van der Waals surface area contributed by atoms with Crippen LogP contribution in [0.5, 0.6) is 0 Å². The van der Waals surface area contributed by atoms with Crippen LogP contribution in [-0.2, 0) is 0 Å².